The average molecular weight is 955 g/mol. The van der Waals surface area contributed by atoms with Gasteiger partial charge in [0, 0.05) is 32.3 Å². The van der Waals surface area contributed by atoms with Crippen LogP contribution in [0.5, 0.6) is 34.5 Å². The highest BCUT2D eigenvalue weighted by molar-refractivity contribution is 7.23. The third-order valence-electron chi connectivity index (χ3n) is 11.0. The second-order valence-corrected chi connectivity index (χ2v) is 21.6. The van der Waals surface area contributed by atoms with Crippen LogP contribution in [0.4, 0.5) is 0 Å². The highest BCUT2D eigenvalue weighted by atomic mass is 32.1. The van der Waals surface area contributed by atoms with Crippen LogP contribution in [0.25, 0.3) is 53.2 Å². The molecule has 2 aromatic heterocycles. The third kappa shape index (κ3) is 12.0. The second-order valence-electron chi connectivity index (χ2n) is 19.5. The zero-order valence-electron chi connectivity index (χ0n) is 40.8. The molecule has 69 heavy (non-hydrogen) atoms. The molecule has 0 atom stereocenters. The predicted octanol–water partition coefficient (Wildman–Crippen LogP) is 17.8. The molecular formula is C60H58O7S2. The van der Waals surface area contributed by atoms with Crippen molar-refractivity contribution < 1.29 is 33.3 Å². The summed E-state index contributed by atoms with van der Waals surface area (Å²) in [4.78, 5) is 26.7. The van der Waals surface area contributed by atoms with E-state index >= 15 is 0 Å². The minimum Gasteiger partial charge on any atom is -0.457 e. The highest BCUT2D eigenvalue weighted by Crippen LogP contribution is 2.51. The molecule has 0 saturated carbocycles. The van der Waals surface area contributed by atoms with Crippen molar-refractivity contribution in [2.24, 2.45) is 0 Å². The number of fused-ring (bicyclic) bond motifs is 2. The fraction of sp³-hybridized carbons (Fsp3) is 0.233. The number of benzene rings is 6. The molecule has 6 aromatic carbocycles. The van der Waals surface area contributed by atoms with Crippen LogP contribution in [0.2, 0.25) is 0 Å². The zero-order valence-corrected chi connectivity index (χ0v) is 42.5. The van der Waals surface area contributed by atoms with E-state index in [9.17, 15) is 9.59 Å². The van der Waals surface area contributed by atoms with Gasteiger partial charge in [0.2, 0.25) is 0 Å². The van der Waals surface area contributed by atoms with E-state index in [2.05, 4.69) is 100 Å². The molecule has 0 N–H and O–H groups in total. The number of carbonyl (C=O) groups is 2. The summed E-state index contributed by atoms with van der Waals surface area (Å²) in [5.41, 5.74) is 5.32. The van der Waals surface area contributed by atoms with Crippen molar-refractivity contribution in [3.8, 4) is 55.4 Å². The van der Waals surface area contributed by atoms with Gasteiger partial charge in [0.25, 0.3) is 0 Å². The summed E-state index contributed by atoms with van der Waals surface area (Å²) >= 11 is 3.36. The minimum absolute atomic E-state index is 0.298. The number of esters is 2. The molecule has 8 aromatic rings. The van der Waals surface area contributed by atoms with Crippen LogP contribution >= 0.6 is 22.7 Å². The molecule has 0 radical (unpaired) electrons. The van der Waals surface area contributed by atoms with Gasteiger partial charge in [0.1, 0.15) is 34.2 Å². The van der Waals surface area contributed by atoms with Crippen molar-refractivity contribution in [3.05, 3.63) is 168 Å². The summed E-state index contributed by atoms with van der Waals surface area (Å²) in [5, 5.41) is 1.96. The van der Waals surface area contributed by atoms with E-state index in [4.69, 9.17) is 23.7 Å². The minimum atomic E-state index is -0.561. The first kappa shape index (κ1) is 48.5. The van der Waals surface area contributed by atoms with Gasteiger partial charge in [-0.3, -0.25) is 0 Å². The lowest BCUT2D eigenvalue weighted by Crippen LogP contribution is -2.22. The highest BCUT2D eigenvalue weighted by Gasteiger charge is 2.23. The number of ether oxygens (including phenoxy) is 5. The molecule has 0 aliphatic carbocycles. The van der Waals surface area contributed by atoms with Crippen molar-refractivity contribution >= 4 is 66.9 Å². The predicted molar refractivity (Wildman–Crippen MR) is 286 cm³/mol. The molecule has 0 aliphatic rings. The Balaban J connectivity index is 1.10. The normalized spacial score (nSPS) is 12.2. The molecule has 0 saturated heterocycles. The number of carbonyl (C=O) groups excluding carboxylic acids is 2. The van der Waals surface area contributed by atoms with Crippen molar-refractivity contribution in [1.82, 2.24) is 0 Å². The summed E-state index contributed by atoms with van der Waals surface area (Å²) in [6.45, 7) is 19.9. The molecule has 0 spiro atoms. The number of hydrogen-bond acceptors (Lipinski definition) is 9. The Bertz CT molecular complexity index is 2970. The van der Waals surface area contributed by atoms with Crippen LogP contribution in [0.15, 0.2) is 146 Å². The van der Waals surface area contributed by atoms with Gasteiger partial charge < -0.3 is 23.7 Å². The Kier molecular flexibility index (Phi) is 14.3. The first-order valence-corrected chi connectivity index (χ1v) is 24.9. The van der Waals surface area contributed by atoms with Crippen LogP contribution in [0.3, 0.4) is 0 Å². The van der Waals surface area contributed by atoms with Crippen LogP contribution < -0.4 is 14.2 Å². The van der Waals surface area contributed by atoms with Crippen LogP contribution in [0, 0.1) is 0 Å². The molecule has 0 fully saturated rings. The zero-order chi connectivity index (χ0) is 49.0. The summed E-state index contributed by atoms with van der Waals surface area (Å²) in [7, 11) is 0. The number of rotatable bonds is 14. The standard InChI is InChI=1S/C60H58O7S2/c1-37(2)45-15-11-13-17-47(45)57-55(64-41-25-19-39(20-26-41)23-33-53(61)66-59(5,6)7)49-31-29-43(35-51(49)68-57)63-44-30-32-50-52(36-44)69-58(48-18-14-12-16-46(48)38(3)4)56(50)65-42-27-21-40(22-28-42)24-34-54(62)67-60(8,9)10/h11-38H,1-10H3/b33-23+,34-24+. The fourth-order valence-corrected chi connectivity index (χ4v) is 10.3. The van der Waals surface area contributed by atoms with Crippen LogP contribution in [0.1, 0.15) is 103 Å². The van der Waals surface area contributed by atoms with Crippen LogP contribution in [-0.4, -0.2) is 23.1 Å². The summed E-state index contributed by atoms with van der Waals surface area (Å²) < 4.78 is 33.2. The molecule has 0 bridgehead atoms. The number of hydrogen-bond donors (Lipinski definition) is 0. The smallest absolute Gasteiger partial charge is 0.331 e. The molecule has 352 valence electrons. The van der Waals surface area contributed by atoms with Gasteiger partial charge in [-0.05, 0) is 160 Å². The quantitative estimate of drug-likeness (QED) is 0.0793. The Morgan fingerprint density at radius 2 is 0.826 bits per heavy atom. The van der Waals surface area contributed by atoms with Gasteiger partial charge in [-0.2, -0.15) is 0 Å². The van der Waals surface area contributed by atoms with E-state index in [0.29, 0.717) is 34.8 Å². The fourth-order valence-electron chi connectivity index (χ4n) is 7.87. The SMILES string of the molecule is CC(C)c1ccccc1-c1sc2cc(Oc3ccc4c(Oc5ccc(/C=C/C(=O)OC(C)(C)C)cc5)c(-c5ccccc5C(C)C)sc4c3)ccc2c1Oc1ccc(/C=C/C(=O)OC(C)(C)C)cc1. The Morgan fingerprint density at radius 3 is 1.19 bits per heavy atom. The molecule has 8 rings (SSSR count). The summed E-state index contributed by atoms with van der Waals surface area (Å²) in [6, 6.07) is 44.7. The molecule has 0 unspecified atom stereocenters. The van der Waals surface area contributed by atoms with E-state index < -0.39 is 11.2 Å². The number of thiophene rings is 2. The van der Waals surface area contributed by atoms with Gasteiger partial charge >= 0.3 is 11.9 Å². The van der Waals surface area contributed by atoms with E-state index in [0.717, 1.165) is 63.7 Å². The van der Waals surface area contributed by atoms with Gasteiger partial charge in [-0.1, -0.05) is 100 Å². The van der Waals surface area contributed by atoms with Crippen molar-refractivity contribution in [1.29, 1.82) is 0 Å². The Labute approximate surface area is 413 Å². The first-order chi connectivity index (χ1) is 32.9. The molecule has 2 heterocycles. The van der Waals surface area contributed by atoms with Crippen LogP contribution in [-0.2, 0) is 19.1 Å². The largest absolute Gasteiger partial charge is 0.457 e. The first-order valence-electron chi connectivity index (χ1n) is 23.2. The van der Waals surface area contributed by atoms with Crippen molar-refractivity contribution in [2.75, 3.05) is 0 Å². The maximum absolute atomic E-state index is 12.3. The maximum atomic E-state index is 12.3. The van der Waals surface area contributed by atoms with Gasteiger partial charge in [0.05, 0.1) is 9.75 Å². The molecule has 0 amide bonds. The molecule has 7 nitrogen and oxygen atoms in total. The van der Waals surface area contributed by atoms with Crippen molar-refractivity contribution in [2.45, 2.75) is 92.3 Å². The third-order valence-corrected chi connectivity index (χ3v) is 13.3. The Hall–Kier alpha value is -6.94. The average Bonchev–Trinajstić information content (AvgIpc) is 3.84. The molecular weight excluding hydrogens is 897 g/mol. The molecule has 0 aliphatic heterocycles. The topological polar surface area (TPSA) is 80.3 Å². The lowest BCUT2D eigenvalue weighted by atomic mass is 9.96. The van der Waals surface area contributed by atoms with Gasteiger partial charge in [-0.15, -0.1) is 22.7 Å². The molecule has 9 heteroatoms. The maximum Gasteiger partial charge on any atom is 0.331 e. The lowest BCUT2D eigenvalue weighted by Gasteiger charge is -2.17. The summed E-state index contributed by atoms with van der Waals surface area (Å²) in [6.07, 6.45) is 6.38. The van der Waals surface area contributed by atoms with Crippen molar-refractivity contribution in [3.63, 3.8) is 0 Å². The van der Waals surface area contributed by atoms with E-state index in [1.165, 1.54) is 23.3 Å². The second kappa shape index (κ2) is 20.3. The Morgan fingerprint density at radius 1 is 0.464 bits per heavy atom. The lowest BCUT2D eigenvalue weighted by molar-refractivity contribution is -0.149. The van der Waals surface area contributed by atoms with Gasteiger partial charge in [-0.25, -0.2) is 9.59 Å². The van der Waals surface area contributed by atoms with Gasteiger partial charge in [0.15, 0.2) is 11.5 Å². The van der Waals surface area contributed by atoms with E-state index in [1.807, 2.05) is 102 Å². The monoisotopic (exact) mass is 954 g/mol. The summed E-state index contributed by atoms with van der Waals surface area (Å²) in [5.74, 6) is 4.15. The van der Waals surface area contributed by atoms with E-state index in [-0.39, 0.29) is 11.9 Å². The van der Waals surface area contributed by atoms with E-state index in [1.54, 1.807) is 34.8 Å².